The normalized spacial score (nSPS) is 23.8. The number of sulfonamides is 1. The maximum atomic E-state index is 13.4. The number of nitrogens with zero attached hydrogens (tertiary/aromatic N) is 1. The van der Waals surface area contributed by atoms with Gasteiger partial charge in [-0.05, 0) is 66.5 Å². The van der Waals surface area contributed by atoms with Crippen LogP contribution < -0.4 is 10.0 Å². The van der Waals surface area contributed by atoms with E-state index in [1.165, 1.54) is 12.1 Å². The van der Waals surface area contributed by atoms with E-state index in [0.717, 1.165) is 17.7 Å². The maximum Gasteiger partial charge on any atom is 0.416 e. The first kappa shape index (κ1) is 25.0. The summed E-state index contributed by atoms with van der Waals surface area (Å²) >= 11 is 0. The van der Waals surface area contributed by atoms with Crippen LogP contribution in [0.25, 0.3) is 0 Å². The van der Waals surface area contributed by atoms with Crippen molar-refractivity contribution >= 4 is 21.6 Å². The molecule has 10 heteroatoms. The number of benzene rings is 2. The van der Waals surface area contributed by atoms with Crippen molar-refractivity contribution in [1.82, 2.24) is 5.32 Å². The minimum absolute atomic E-state index is 0.134. The molecule has 0 heterocycles. The van der Waals surface area contributed by atoms with Crippen molar-refractivity contribution in [3.63, 3.8) is 0 Å². The Labute approximate surface area is 202 Å². The van der Waals surface area contributed by atoms with Crippen molar-refractivity contribution < 1.29 is 26.4 Å². The SMILES string of the molecule is CC(C)(C)c1ccc(S(=O)(=O)Nc2cc(C(F)(F)F)ccc2C(=O)NC2CC3(C#N)CC2C3)cc1. The standard InChI is InChI=1S/C25H26F3N3O3S/c1-23(2,3)16-4-7-18(8-5-16)35(33,34)31-20-10-17(25(26,27)28)6-9-19(20)22(32)30-21-13-24(14-29)11-15(21)12-24/h4-10,15,21,31H,11-13H2,1-3H3,(H,30,32). The third kappa shape index (κ3) is 4.87. The molecule has 3 fully saturated rings. The van der Waals surface area contributed by atoms with E-state index in [1.807, 2.05) is 20.8 Å². The van der Waals surface area contributed by atoms with Crippen LogP contribution in [0, 0.1) is 22.7 Å². The fraction of sp³-hybridized carbons (Fsp3) is 0.440. The third-order valence-electron chi connectivity index (χ3n) is 6.91. The molecule has 2 aromatic rings. The lowest BCUT2D eigenvalue weighted by Gasteiger charge is -2.31. The number of halogens is 3. The fourth-order valence-electron chi connectivity index (χ4n) is 4.88. The Morgan fingerprint density at radius 1 is 1.03 bits per heavy atom. The van der Waals surface area contributed by atoms with Crippen molar-refractivity contribution in [1.29, 1.82) is 5.26 Å². The Hall–Kier alpha value is -3.06. The minimum Gasteiger partial charge on any atom is -0.349 e. The second-order valence-corrected chi connectivity index (χ2v) is 12.2. The zero-order chi connectivity index (χ0) is 25.8. The summed E-state index contributed by atoms with van der Waals surface area (Å²) in [5, 5.41) is 12.1. The van der Waals surface area contributed by atoms with Gasteiger partial charge in [-0.1, -0.05) is 32.9 Å². The topological polar surface area (TPSA) is 99.1 Å². The van der Waals surface area contributed by atoms with Crippen molar-refractivity contribution in [3.8, 4) is 6.07 Å². The van der Waals surface area contributed by atoms with E-state index < -0.39 is 38.8 Å². The predicted molar refractivity (Wildman–Crippen MR) is 124 cm³/mol. The van der Waals surface area contributed by atoms with E-state index in [-0.39, 0.29) is 27.8 Å². The highest BCUT2D eigenvalue weighted by Gasteiger charge is 2.57. The van der Waals surface area contributed by atoms with Gasteiger partial charge in [0.2, 0.25) is 0 Å². The van der Waals surface area contributed by atoms with Crippen LogP contribution in [0.4, 0.5) is 18.9 Å². The molecule has 0 saturated heterocycles. The van der Waals surface area contributed by atoms with Gasteiger partial charge >= 0.3 is 6.18 Å². The van der Waals surface area contributed by atoms with Crippen molar-refractivity contribution in [2.45, 2.75) is 62.6 Å². The van der Waals surface area contributed by atoms with E-state index in [9.17, 15) is 31.6 Å². The number of nitrogens with one attached hydrogen (secondary N) is 2. The summed E-state index contributed by atoms with van der Waals surface area (Å²) in [4.78, 5) is 12.9. The molecule has 6 nitrogen and oxygen atoms in total. The molecule has 1 amide bonds. The number of rotatable bonds is 5. The molecule has 5 rings (SSSR count). The van der Waals surface area contributed by atoms with Gasteiger partial charge in [0.05, 0.1) is 33.2 Å². The summed E-state index contributed by atoms with van der Waals surface area (Å²) in [5.41, 5.74) is -1.54. The van der Waals surface area contributed by atoms with Crippen molar-refractivity contribution in [2.75, 3.05) is 4.72 Å². The summed E-state index contributed by atoms with van der Waals surface area (Å²) in [6, 6.07) is 10.4. The third-order valence-corrected chi connectivity index (χ3v) is 8.29. The highest BCUT2D eigenvalue weighted by atomic mass is 32.2. The van der Waals surface area contributed by atoms with Gasteiger partial charge in [0.15, 0.2) is 0 Å². The first-order valence-electron chi connectivity index (χ1n) is 11.2. The first-order valence-corrected chi connectivity index (χ1v) is 12.7. The molecule has 0 aliphatic heterocycles. The van der Waals surface area contributed by atoms with Gasteiger partial charge in [-0.3, -0.25) is 9.52 Å². The van der Waals surface area contributed by atoms with Gasteiger partial charge in [0.1, 0.15) is 0 Å². The molecule has 0 spiro atoms. The van der Waals surface area contributed by atoms with E-state index in [2.05, 4.69) is 16.1 Å². The molecule has 3 aliphatic carbocycles. The Morgan fingerprint density at radius 3 is 2.14 bits per heavy atom. The Kier molecular flexibility index (Phi) is 5.91. The number of hydrogen-bond donors (Lipinski definition) is 2. The number of hydrogen-bond acceptors (Lipinski definition) is 4. The molecular formula is C25H26F3N3O3S. The zero-order valence-electron chi connectivity index (χ0n) is 19.5. The number of carbonyl (C=O) groups excluding carboxylic acids is 1. The van der Waals surface area contributed by atoms with Crippen LogP contribution >= 0.6 is 0 Å². The Balaban J connectivity index is 1.63. The van der Waals surface area contributed by atoms with E-state index in [1.54, 1.807) is 12.1 Å². The largest absolute Gasteiger partial charge is 0.416 e. The second-order valence-electron chi connectivity index (χ2n) is 10.5. The average Bonchev–Trinajstić information content (AvgIpc) is 3.26. The lowest BCUT2D eigenvalue weighted by Crippen LogP contribution is -2.37. The van der Waals surface area contributed by atoms with Crippen LogP contribution in [0.3, 0.4) is 0 Å². The van der Waals surface area contributed by atoms with E-state index in [4.69, 9.17) is 0 Å². The summed E-state index contributed by atoms with van der Waals surface area (Å²) in [6.45, 7) is 5.90. The molecule has 2 N–H and O–H groups in total. The quantitative estimate of drug-likeness (QED) is 0.582. The van der Waals surface area contributed by atoms with Gasteiger partial charge in [-0.25, -0.2) is 8.42 Å². The lowest BCUT2D eigenvalue weighted by molar-refractivity contribution is -0.137. The van der Waals surface area contributed by atoms with E-state index in [0.29, 0.717) is 25.3 Å². The first-order chi connectivity index (χ1) is 16.1. The van der Waals surface area contributed by atoms with Gasteiger partial charge in [-0.2, -0.15) is 18.4 Å². The number of fused-ring (bicyclic) bond motifs is 1. The number of amides is 1. The molecule has 0 aromatic heterocycles. The highest BCUT2D eigenvalue weighted by Crippen LogP contribution is 2.58. The predicted octanol–water partition coefficient (Wildman–Crippen LogP) is 5.23. The van der Waals surface area contributed by atoms with E-state index >= 15 is 0 Å². The number of anilines is 1. The lowest BCUT2D eigenvalue weighted by atomic mass is 9.71. The number of nitriles is 1. The summed E-state index contributed by atoms with van der Waals surface area (Å²) in [7, 11) is -4.28. The summed E-state index contributed by atoms with van der Waals surface area (Å²) < 4.78 is 68.3. The fourth-order valence-corrected chi connectivity index (χ4v) is 5.95. The van der Waals surface area contributed by atoms with Crippen molar-refractivity contribution in [2.24, 2.45) is 11.3 Å². The molecule has 0 radical (unpaired) electrons. The van der Waals surface area contributed by atoms with Crippen molar-refractivity contribution in [3.05, 3.63) is 59.2 Å². The van der Waals surface area contributed by atoms with Gasteiger partial charge in [0.25, 0.3) is 15.9 Å². The molecule has 186 valence electrons. The van der Waals surface area contributed by atoms with Crippen LogP contribution in [0.1, 0.15) is 61.5 Å². The molecular weight excluding hydrogens is 479 g/mol. The molecule has 2 bridgehead atoms. The van der Waals surface area contributed by atoms with Crippen LogP contribution in [-0.2, 0) is 21.6 Å². The summed E-state index contributed by atoms with van der Waals surface area (Å²) in [6.07, 6.45) is -2.91. The highest BCUT2D eigenvalue weighted by molar-refractivity contribution is 7.92. The molecule has 2 aromatic carbocycles. The number of carbonyl (C=O) groups is 1. The average molecular weight is 506 g/mol. The monoisotopic (exact) mass is 505 g/mol. The van der Waals surface area contributed by atoms with Gasteiger partial charge in [0, 0.05) is 6.04 Å². The second kappa shape index (κ2) is 8.26. The molecule has 35 heavy (non-hydrogen) atoms. The van der Waals surface area contributed by atoms with Gasteiger partial charge in [-0.15, -0.1) is 0 Å². The molecule has 3 aliphatic rings. The minimum atomic E-state index is -4.73. The number of alkyl halides is 3. The molecule has 3 saturated carbocycles. The Morgan fingerprint density at radius 2 is 1.63 bits per heavy atom. The Bertz CT molecular complexity index is 1300. The van der Waals surface area contributed by atoms with Gasteiger partial charge < -0.3 is 5.32 Å². The molecule has 1 atom stereocenters. The maximum absolute atomic E-state index is 13.4. The van der Waals surface area contributed by atoms with Crippen LogP contribution in [0.5, 0.6) is 0 Å². The van der Waals surface area contributed by atoms with Crippen LogP contribution in [0.15, 0.2) is 47.4 Å². The summed E-state index contributed by atoms with van der Waals surface area (Å²) in [5.74, 6) is -0.556. The molecule has 1 unspecified atom stereocenters. The smallest absolute Gasteiger partial charge is 0.349 e. The van der Waals surface area contributed by atoms with Crippen LogP contribution in [-0.4, -0.2) is 20.4 Å². The zero-order valence-corrected chi connectivity index (χ0v) is 20.3. The van der Waals surface area contributed by atoms with Crippen LogP contribution in [0.2, 0.25) is 0 Å².